The Labute approximate surface area is 147 Å². The number of amides is 1. The van der Waals surface area contributed by atoms with Gasteiger partial charge in [-0.2, -0.15) is 0 Å². The molecule has 0 bridgehead atoms. The summed E-state index contributed by atoms with van der Waals surface area (Å²) in [6, 6.07) is 14.1. The van der Waals surface area contributed by atoms with Crippen LogP contribution in [0.25, 0.3) is 0 Å². The van der Waals surface area contributed by atoms with E-state index in [1.165, 1.54) is 17.7 Å². The van der Waals surface area contributed by atoms with E-state index in [2.05, 4.69) is 10.2 Å². The highest BCUT2D eigenvalue weighted by atomic mass is 19.1. The van der Waals surface area contributed by atoms with Gasteiger partial charge in [0.25, 0.3) is 5.91 Å². The molecule has 25 heavy (non-hydrogen) atoms. The quantitative estimate of drug-likeness (QED) is 0.877. The first-order valence-electron chi connectivity index (χ1n) is 8.62. The molecule has 3 rings (SSSR count). The Kier molecular flexibility index (Phi) is 6.14. The molecule has 1 aliphatic rings. The lowest BCUT2D eigenvalue weighted by Gasteiger charge is -2.26. The number of benzene rings is 2. The summed E-state index contributed by atoms with van der Waals surface area (Å²) in [6.07, 6.45) is 0.682. The fourth-order valence-corrected chi connectivity index (χ4v) is 2.85. The van der Waals surface area contributed by atoms with Crippen molar-refractivity contribution < 1.29 is 13.9 Å². The summed E-state index contributed by atoms with van der Waals surface area (Å²) >= 11 is 0. The van der Waals surface area contributed by atoms with E-state index in [1.54, 1.807) is 12.1 Å². The summed E-state index contributed by atoms with van der Waals surface area (Å²) in [5, 5.41) is 2.90. The van der Waals surface area contributed by atoms with E-state index in [4.69, 9.17) is 4.74 Å². The van der Waals surface area contributed by atoms with Crippen LogP contribution < -0.4 is 5.32 Å². The molecule has 2 aromatic carbocycles. The van der Waals surface area contributed by atoms with Gasteiger partial charge in [0.1, 0.15) is 5.82 Å². The lowest BCUT2D eigenvalue weighted by atomic mass is 10.1. The number of hydrogen-bond donors (Lipinski definition) is 1. The highest BCUT2D eigenvalue weighted by Crippen LogP contribution is 2.09. The zero-order valence-corrected chi connectivity index (χ0v) is 14.2. The Morgan fingerprint density at radius 1 is 1.00 bits per heavy atom. The first-order chi connectivity index (χ1) is 12.2. The molecule has 2 aromatic rings. The van der Waals surface area contributed by atoms with Crippen LogP contribution in [0, 0.1) is 5.82 Å². The molecule has 1 heterocycles. The van der Waals surface area contributed by atoms with Crippen LogP contribution in [-0.2, 0) is 17.7 Å². The molecule has 0 spiro atoms. The van der Waals surface area contributed by atoms with Crippen LogP contribution in [0.2, 0.25) is 0 Å². The van der Waals surface area contributed by atoms with E-state index < -0.39 is 0 Å². The van der Waals surface area contributed by atoms with Gasteiger partial charge in [0, 0.05) is 31.7 Å². The first-order valence-corrected chi connectivity index (χ1v) is 8.62. The third-order valence-electron chi connectivity index (χ3n) is 4.34. The molecule has 1 N–H and O–H groups in total. The average Bonchev–Trinajstić information content (AvgIpc) is 2.65. The van der Waals surface area contributed by atoms with Crippen molar-refractivity contribution in [2.45, 2.75) is 13.0 Å². The van der Waals surface area contributed by atoms with Crippen LogP contribution in [0.5, 0.6) is 0 Å². The maximum Gasteiger partial charge on any atom is 0.251 e. The minimum absolute atomic E-state index is 0.0833. The fraction of sp³-hybridized carbons (Fsp3) is 0.350. The van der Waals surface area contributed by atoms with Crippen molar-refractivity contribution >= 4 is 5.91 Å². The van der Waals surface area contributed by atoms with Crippen LogP contribution in [0.3, 0.4) is 0 Å². The summed E-state index contributed by atoms with van der Waals surface area (Å²) in [6.45, 7) is 4.89. The molecule has 0 aliphatic carbocycles. The molecule has 4 nitrogen and oxygen atoms in total. The average molecular weight is 342 g/mol. The van der Waals surface area contributed by atoms with Crippen molar-refractivity contribution in [2.24, 2.45) is 0 Å². The second-order valence-electron chi connectivity index (χ2n) is 6.22. The van der Waals surface area contributed by atoms with E-state index in [0.29, 0.717) is 18.5 Å². The van der Waals surface area contributed by atoms with Gasteiger partial charge in [0.2, 0.25) is 0 Å². The van der Waals surface area contributed by atoms with Crippen LogP contribution >= 0.6 is 0 Å². The number of carbonyl (C=O) groups excluding carboxylic acids is 1. The third-order valence-corrected chi connectivity index (χ3v) is 4.34. The van der Waals surface area contributed by atoms with Crippen LogP contribution in [0.4, 0.5) is 4.39 Å². The topological polar surface area (TPSA) is 41.6 Å². The van der Waals surface area contributed by atoms with E-state index in [-0.39, 0.29) is 11.7 Å². The lowest BCUT2D eigenvalue weighted by Crippen LogP contribution is -2.35. The molecule has 0 unspecified atom stereocenters. The molecule has 0 atom stereocenters. The molecule has 1 amide bonds. The first kappa shape index (κ1) is 17.6. The maximum atomic E-state index is 12.9. The predicted octanol–water partition coefficient (Wildman–Crippen LogP) is 2.63. The number of carbonyl (C=O) groups is 1. The minimum Gasteiger partial charge on any atom is -0.379 e. The Bertz CT molecular complexity index is 680. The number of nitrogens with one attached hydrogen (secondary N) is 1. The highest BCUT2D eigenvalue weighted by molar-refractivity contribution is 5.94. The number of nitrogens with zero attached hydrogens (tertiary/aromatic N) is 1. The van der Waals surface area contributed by atoms with Crippen molar-refractivity contribution in [3.8, 4) is 0 Å². The Morgan fingerprint density at radius 3 is 2.32 bits per heavy atom. The van der Waals surface area contributed by atoms with E-state index in [1.807, 2.05) is 24.3 Å². The van der Waals surface area contributed by atoms with Gasteiger partial charge in [0.05, 0.1) is 13.2 Å². The third kappa shape index (κ3) is 5.37. The van der Waals surface area contributed by atoms with Gasteiger partial charge < -0.3 is 10.1 Å². The maximum absolute atomic E-state index is 12.9. The summed E-state index contributed by atoms with van der Waals surface area (Å²) in [4.78, 5) is 14.5. The summed E-state index contributed by atoms with van der Waals surface area (Å²) in [5.41, 5.74) is 2.86. The number of halogens is 1. The molecular formula is C20H23FN2O2. The molecule has 0 radical (unpaired) electrons. The molecule has 0 saturated carbocycles. The van der Waals surface area contributed by atoms with E-state index in [9.17, 15) is 9.18 Å². The smallest absolute Gasteiger partial charge is 0.251 e. The summed E-state index contributed by atoms with van der Waals surface area (Å²) in [5.74, 6) is -0.329. The molecular weight excluding hydrogens is 319 g/mol. The fourth-order valence-electron chi connectivity index (χ4n) is 2.85. The molecule has 1 fully saturated rings. The van der Waals surface area contributed by atoms with Crippen molar-refractivity contribution in [1.29, 1.82) is 0 Å². The molecule has 0 aromatic heterocycles. The van der Waals surface area contributed by atoms with Crippen molar-refractivity contribution in [3.63, 3.8) is 0 Å². The van der Waals surface area contributed by atoms with Gasteiger partial charge >= 0.3 is 0 Å². The van der Waals surface area contributed by atoms with Gasteiger partial charge in [-0.25, -0.2) is 4.39 Å². The van der Waals surface area contributed by atoms with Crippen molar-refractivity contribution in [1.82, 2.24) is 10.2 Å². The van der Waals surface area contributed by atoms with Crippen LogP contribution in [0.15, 0.2) is 48.5 Å². The van der Waals surface area contributed by atoms with Crippen LogP contribution in [-0.4, -0.2) is 43.7 Å². The molecule has 1 saturated heterocycles. The van der Waals surface area contributed by atoms with E-state index in [0.717, 1.165) is 38.4 Å². The minimum atomic E-state index is -0.245. The number of rotatable bonds is 6. The van der Waals surface area contributed by atoms with E-state index >= 15 is 0 Å². The normalized spacial score (nSPS) is 15.1. The second-order valence-corrected chi connectivity index (χ2v) is 6.22. The monoisotopic (exact) mass is 342 g/mol. The van der Waals surface area contributed by atoms with Crippen molar-refractivity contribution in [2.75, 3.05) is 32.8 Å². The highest BCUT2D eigenvalue weighted by Gasteiger charge is 2.11. The zero-order valence-electron chi connectivity index (χ0n) is 14.2. The van der Waals surface area contributed by atoms with Gasteiger partial charge in [-0.1, -0.05) is 24.3 Å². The molecule has 132 valence electrons. The Balaban J connectivity index is 1.46. The molecule has 1 aliphatic heterocycles. The van der Waals surface area contributed by atoms with Crippen LogP contribution in [0.1, 0.15) is 21.5 Å². The lowest BCUT2D eigenvalue weighted by molar-refractivity contribution is 0.0342. The second kappa shape index (κ2) is 8.74. The van der Waals surface area contributed by atoms with Crippen molar-refractivity contribution in [3.05, 3.63) is 71.0 Å². The Morgan fingerprint density at radius 2 is 1.64 bits per heavy atom. The van der Waals surface area contributed by atoms with Gasteiger partial charge in [-0.05, 0) is 41.8 Å². The zero-order chi connectivity index (χ0) is 17.5. The predicted molar refractivity (Wildman–Crippen MR) is 95.0 cm³/mol. The largest absolute Gasteiger partial charge is 0.379 e. The number of morpholine rings is 1. The summed E-state index contributed by atoms with van der Waals surface area (Å²) in [7, 11) is 0. The van der Waals surface area contributed by atoms with Gasteiger partial charge in [-0.15, -0.1) is 0 Å². The number of ether oxygens (including phenoxy) is 1. The van der Waals surface area contributed by atoms with Gasteiger partial charge in [-0.3, -0.25) is 9.69 Å². The molecule has 5 heteroatoms. The number of hydrogen-bond acceptors (Lipinski definition) is 3. The summed E-state index contributed by atoms with van der Waals surface area (Å²) < 4.78 is 18.2. The van der Waals surface area contributed by atoms with Gasteiger partial charge in [0.15, 0.2) is 0 Å². The SMILES string of the molecule is O=C(NCCc1ccc(F)cc1)c1ccc(CN2CCOCC2)cc1. The Hall–Kier alpha value is -2.24. The standard InChI is InChI=1S/C20H23FN2O2/c21-19-7-3-16(4-8-19)9-10-22-20(24)18-5-1-17(2-6-18)15-23-11-13-25-14-12-23/h1-8H,9-15H2,(H,22,24).